The Balaban J connectivity index is 0.00000480. The molecule has 1 saturated heterocycles. The van der Waals surface area contributed by atoms with Crippen LogP contribution in [-0.2, 0) is 11.2 Å². The van der Waals surface area contributed by atoms with E-state index in [0.717, 1.165) is 51.2 Å². The quantitative estimate of drug-likeness (QED) is 0.217. The lowest BCUT2D eigenvalue weighted by molar-refractivity contribution is -0.127. The summed E-state index contributed by atoms with van der Waals surface area (Å²) in [5.41, 5.74) is 2.42. The van der Waals surface area contributed by atoms with Crippen LogP contribution in [0.25, 0.3) is 0 Å². The van der Waals surface area contributed by atoms with Crippen molar-refractivity contribution in [3.8, 4) is 5.75 Å². The second kappa shape index (κ2) is 14.3. The van der Waals surface area contributed by atoms with Gasteiger partial charge in [0, 0.05) is 46.3 Å². The topological polar surface area (TPSA) is 69.2 Å². The molecule has 2 rings (SSSR count). The summed E-state index contributed by atoms with van der Waals surface area (Å²) in [5, 5.41) is 6.92. The minimum Gasteiger partial charge on any atom is -0.497 e. The molecule has 0 aromatic heterocycles. The van der Waals surface area contributed by atoms with Crippen molar-refractivity contribution in [2.24, 2.45) is 4.99 Å². The van der Waals surface area contributed by atoms with Crippen LogP contribution in [0, 0.1) is 0 Å². The number of ether oxygens (including phenoxy) is 1. The second-order valence-electron chi connectivity index (χ2n) is 8.13. The highest BCUT2D eigenvalue weighted by molar-refractivity contribution is 14.0. The van der Waals surface area contributed by atoms with Crippen LogP contribution >= 0.6 is 24.0 Å². The van der Waals surface area contributed by atoms with E-state index in [4.69, 9.17) is 4.74 Å². The Labute approximate surface area is 204 Å². The zero-order chi connectivity index (χ0) is 21.9. The highest BCUT2D eigenvalue weighted by atomic mass is 127. The van der Waals surface area contributed by atoms with Crippen molar-refractivity contribution in [3.05, 3.63) is 42.0 Å². The molecule has 1 heterocycles. The zero-order valence-corrected chi connectivity index (χ0v) is 21.6. The standard InChI is InChI=1S/C23H37N5O2.HI/c1-18(2)17-28-14-11-20(12-15-28)26-23(25-16-22(29)27(3)4)24-13-10-19-6-8-21(30-5)9-7-19;/h6-9,20H,1,10-17H2,2-5H3,(H2,24,25,26);1H. The van der Waals surface area contributed by atoms with Gasteiger partial charge in [-0.05, 0) is 43.9 Å². The maximum Gasteiger partial charge on any atom is 0.243 e. The van der Waals surface area contributed by atoms with Crippen LogP contribution in [0.1, 0.15) is 25.3 Å². The van der Waals surface area contributed by atoms with Crippen LogP contribution in [-0.4, -0.2) is 81.6 Å². The number of hydrogen-bond donors (Lipinski definition) is 2. The summed E-state index contributed by atoms with van der Waals surface area (Å²) in [7, 11) is 5.17. The molecule has 1 aromatic carbocycles. The molecule has 0 radical (unpaired) electrons. The van der Waals surface area contributed by atoms with Gasteiger partial charge in [0.05, 0.1) is 7.11 Å². The summed E-state index contributed by atoms with van der Waals surface area (Å²) in [5.74, 6) is 1.55. The van der Waals surface area contributed by atoms with Gasteiger partial charge in [-0.15, -0.1) is 24.0 Å². The van der Waals surface area contributed by atoms with Crippen molar-refractivity contribution in [2.75, 3.05) is 53.9 Å². The normalized spacial score (nSPS) is 15.0. The average Bonchev–Trinajstić information content (AvgIpc) is 2.73. The average molecular weight is 543 g/mol. The molecule has 2 N–H and O–H groups in total. The lowest BCUT2D eigenvalue weighted by atomic mass is 10.0. The SMILES string of the molecule is C=C(C)CN1CCC(NC(=NCC(=O)N(C)C)NCCc2ccc(OC)cc2)CC1.I. The first-order chi connectivity index (χ1) is 14.4. The summed E-state index contributed by atoms with van der Waals surface area (Å²) in [6.07, 6.45) is 2.96. The molecule has 174 valence electrons. The van der Waals surface area contributed by atoms with Crippen LogP contribution in [0.3, 0.4) is 0 Å². The third-order valence-electron chi connectivity index (χ3n) is 5.16. The van der Waals surface area contributed by atoms with Gasteiger partial charge in [-0.2, -0.15) is 0 Å². The van der Waals surface area contributed by atoms with Crippen LogP contribution in [0.15, 0.2) is 41.4 Å². The number of piperidine rings is 1. The molecule has 0 saturated carbocycles. The van der Waals surface area contributed by atoms with Gasteiger partial charge in [0.2, 0.25) is 5.91 Å². The number of nitrogens with one attached hydrogen (secondary N) is 2. The van der Waals surface area contributed by atoms with E-state index in [1.54, 1.807) is 26.1 Å². The van der Waals surface area contributed by atoms with E-state index in [0.29, 0.717) is 12.0 Å². The fourth-order valence-electron chi connectivity index (χ4n) is 3.37. The smallest absolute Gasteiger partial charge is 0.243 e. The summed E-state index contributed by atoms with van der Waals surface area (Å²) in [4.78, 5) is 20.5. The number of likely N-dealkylation sites (N-methyl/N-ethyl adjacent to an activating group) is 1. The van der Waals surface area contributed by atoms with Crippen LogP contribution in [0.2, 0.25) is 0 Å². The largest absolute Gasteiger partial charge is 0.497 e. The highest BCUT2D eigenvalue weighted by Crippen LogP contribution is 2.12. The molecule has 0 bridgehead atoms. The van der Waals surface area contributed by atoms with Crippen molar-refractivity contribution in [2.45, 2.75) is 32.2 Å². The number of hydrogen-bond acceptors (Lipinski definition) is 4. The lowest BCUT2D eigenvalue weighted by Crippen LogP contribution is -2.49. The third kappa shape index (κ3) is 10.4. The van der Waals surface area contributed by atoms with Gasteiger partial charge in [0.1, 0.15) is 12.3 Å². The van der Waals surface area contributed by atoms with Crippen LogP contribution in [0.5, 0.6) is 5.75 Å². The van der Waals surface area contributed by atoms with E-state index >= 15 is 0 Å². The van der Waals surface area contributed by atoms with Crippen LogP contribution < -0.4 is 15.4 Å². The number of rotatable bonds is 9. The molecule has 31 heavy (non-hydrogen) atoms. The van der Waals surface area contributed by atoms with Gasteiger partial charge in [0.15, 0.2) is 5.96 Å². The van der Waals surface area contributed by atoms with Gasteiger partial charge in [-0.1, -0.05) is 24.3 Å². The van der Waals surface area contributed by atoms with Gasteiger partial charge in [-0.25, -0.2) is 4.99 Å². The van der Waals surface area contributed by atoms with E-state index in [-0.39, 0.29) is 36.4 Å². The predicted octanol–water partition coefficient (Wildman–Crippen LogP) is 2.52. The first-order valence-corrected chi connectivity index (χ1v) is 10.6. The number of carbonyl (C=O) groups excluding carboxylic acids is 1. The molecule has 1 amide bonds. The van der Waals surface area contributed by atoms with E-state index in [2.05, 4.69) is 46.2 Å². The Hall–Kier alpha value is -1.81. The molecule has 1 fully saturated rings. The fraction of sp³-hybridized carbons (Fsp3) is 0.565. The second-order valence-corrected chi connectivity index (χ2v) is 8.13. The first-order valence-electron chi connectivity index (χ1n) is 10.6. The van der Waals surface area contributed by atoms with Crippen LogP contribution in [0.4, 0.5) is 0 Å². The van der Waals surface area contributed by atoms with Gasteiger partial charge in [0.25, 0.3) is 0 Å². The van der Waals surface area contributed by atoms with Crippen molar-refractivity contribution in [1.82, 2.24) is 20.4 Å². The maximum atomic E-state index is 12.0. The van der Waals surface area contributed by atoms with Gasteiger partial charge < -0.3 is 20.3 Å². The van der Waals surface area contributed by atoms with Crippen molar-refractivity contribution in [3.63, 3.8) is 0 Å². The summed E-state index contributed by atoms with van der Waals surface area (Å²) in [6, 6.07) is 8.43. The van der Waals surface area contributed by atoms with E-state index in [1.165, 1.54) is 11.1 Å². The minimum atomic E-state index is -0.0115. The molecule has 8 heteroatoms. The molecule has 1 aromatic rings. The molecule has 0 spiro atoms. The number of amides is 1. The van der Waals surface area contributed by atoms with Crippen molar-refractivity contribution in [1.29, 1.82) is 0 Å². The maximum absolute atomic E-state index is 12.0. The molecule has 0 unspecified atom stereocenters. The highest BCUT2D eigenvalue weighted by Gasteiger charge is 2.20. The molecule has 1 aliphatic rings. The Morgan fingerprint density at radius 2 is 1.90 bits per heavy atom. The van der Waals surface area contributed by atoms with E-state index in [1.807, 2.05) is 12.1 Å². The molecular formula is C23H38IN5O2. The molecule has 0 aliphatic carbocycles. The lowest BCUT2D eigenvalue weighted by Gasteiger charge is -2.33. The number of benzene rings is 1. The number of guanidine groups is 1. The summed E-state index contributed by atoms with van der Waals surface area (Å²) in [6.45, 7) is 10.0. The summed E-state index contributed by atoms with van der Waals surface area (Å²) < 4.78 is 5.21. The van der Waals surface area contributed by atoms with Gasteiger partial charge >= 0.3 is 0 Å². The first kappa shape index (κ1) is 27.2. The molecule has 0 atom stereocenters. The number of likely N-dealkylation sites (tertiary alicyclic amines) is 1. The number of nitrogens with zero attached hydrogens (tertiary/aromatic N) is 3. The fourth-order valence-corrected chi connectivity index (χ4v) is 3.37. The van der Waals surface area contributed by atoms with E-state index in [9.17, 15) is 4.79 Å². The zero-order valence-electron chi connectivity index (χ0n) is 19.3. The Kier molecular flexibility index (Phi) is 12.5. The molecule has 7 nitrogen and oxygen atoms in total. The molecule has 1 aliphatic heterocycles. The van der Waals surface area contributed by atoms with Crippen molar-refractivity contribution >= 4 is 35.8 Å². The van der Waals surface area contributed by atoms with Gasteiger partial charge in [-0.3, -0.25) is 9.69 Å². The minimum absolute atomic E-state index is 0. The Morgan fingerprint density at radius 1 is 1.26 bits per heavy atom. The predicted molar refractivity (Wildman–Crippen MR) is 139 cm³/mol. The molecular weight excluding hydrogens is 505 g/mol. The van der Waals surface area contributed by atoms with Crippen molar-refractivity contribution < 1.29 is 9.53 Å². The number of halogens is 1. The number of aliphatic imine (C=N–C) groups is 1. The number of carbonyl (C=O) groups is 1. The third-order valence-corrected chi connectivity index (χ3v) is 5.16. The number of methoxy groups -OCH3 is 1. The Bertz CT molecular complexity index is 713. The Morgan fingerprint density at radius 3 is 2.45 bits per heavy atom. The monoisotopic (exact) mass is 543 g/mol. The van der Waals surface area contributed by atoms with E-state index < -0.39 is 0 Å². The summed E-state index contributed by atoms with van der Waals surface area (Å²) >= 11 is 0.